The molecular formula is C50H83NO4. The lowest BCUT2D eigenvalue weighted by Crippen LogP contribution is -2.38. The van der Waals surface area contributed by atoms with Gasteiger partial charge in [0.25, 0.3) is 0 Å². The number of aliphatic carboxylic acids is 2. The van der Waals surface area contributed by atoms with Crippen LogP contribution in [-0.4, -0.2) is 33.1 Å². The van der Waals surface area contributed by atoms with Gasteiger partial charge in [0.2, 0.25) is 0 Å². The Balaban J connectivity index is 2.07. The van der Waals surface area contributed by atoms with E-state index < -0.39 is 23.8 Å². The second-order valence-corrected chi connectivity index (χ2v) is 16.8. The van der Waals surface area contributed by atoms with E-state index in [9.17, 15) is 19.8 Å². The van der Waals surface area contributed by atoms with Gasteiger partial charge in [-0.25, -0.2) is 0 Å². The molecule has 312 valence electrons. The number of nitrogens with zero attached hydrogens (tertiary/aromatic N) is 1. The van der Waals surface area contributed by atoms with Crippen LogP contribution in [0.1, 0.15) is 205 Å². The van der Waals surface area contributed by atoms with E-state index in [0.29, 0.717) is 25.7 Å². The first-order valence-electron chi connectivity index (χ1n) is 23.2. The van der Waals surface area contributed by atoms with Crippen molar-refractivity contribution in [2.45, 2.75) is 213 Å². The lowest BCUT2D eigenvalue weighted by molar-refractivity contribution is -0.148. The Labute approximate surface area is 338 Å². The number of hydrogen-bond acceptors (Lipinski definition) is 3. The van der Waals surface area contributed by atoms with Gasteiger partial charge in [-0.3, -0.25) is 14.5 Å². The summed E-state index contributed by atoms with van der Waals surface area (Å²) >= 11 is 0. The van der Waals surface area contributed by atoms with E-state index in [0.717, 1.165) is 45.2 Å². The molecule has 0 aliphatic rings. The van der Waals surface area contributed by atoms with Gasteiger partial charge in [0, 0.05) is 19.1 Å². The number of unbranched alkanes of at least 4 members (excludes halogenated alkanes) is 20. The van der Waals surface area contributed by atoms with Gasteiger partial charge in [0.15, 0.2) is 0 Å². The molecule has 5 heteroatoms. The minimum atomic E-state index is -0.777. The van der Waals surface area contributed by atoms with Crippen molar-refractivity contribution in [1.82, 2.24) is 4.90 Å². The predicted molar refractivity (Wildman–Crippen MR) is 233 cm³/mol. The number of carbonyl (C=O) groups is 2. The van der Waals surface area contributed by atoms with E-state index in [-0.39, 0.29) is 12.0 Å². The third kappa shape index (κ3) is 23.2. The van der Waals surface area contributed by atoms with Gasteiger partial charge in [-0.1, -0.05) is 229 Å². The van der Waals surface area contributed by atoms with Crippen molar-refractivity contribution in [3.05, 3.63) is 71.8 Å². The zero-order valence-electron chi connectivity index (χ0n) is 35.7. The Bertz CT molecular complexity index is 1150. The van der Waals surface area contributed by atoms with Gasteiger partial charge < -0.3 is 10.2 Å². The quantitative estimate of drug-likeness (QED) is 0.0670. The highest BCUT2D eigenvalue weighted by atomic mass is 16.4. The summed E-state index contributed by atoms with van der Waals surface area (Å²) in [6.45, 7) is 8.11. The summed E-state index contributed by atoms with van der Waals surface area (Å²) < 4.78 is 0. The van der Waals surface area contributed by atoms with Crippen LogP contribution in [0.15, 0.2) is 60.7 Å². The molecular weight excluding hydrogens is 679 g/mol. The molecule has 4 atom stereocenters. The topological polar surface area (TPSA) is 77.8 Å². The predicted octanol–water partition coefficient (Wildman–Crippen LogP) is 14.7. The van der Waals surface area contributed by atoms with Gasteiger partial charge in [-0.2, -0.15) is 0 Å². The van der Waals surface area contributed by atoms with Crippen LogP contribution in [0.5, 0.6) is 0 Å². The molecule has 0 heterocycles. The number of rotatable bonds is 37. The summed E-state index contributed by atoms with van der Waals surface area (Å²) in [4.78, 5) is 28.3. The van der Waals surface area contributed by atoms with E-state index in [4.69, 9.17) is 0 Å². The zero-order valence-corrected chi connectivity index (χ0v) is 35.7. The molecule has 0 saturated carbocycles. The molecule has 0 saturated heterocycles. The molecule has 0 bridgehead atoms. The highest BCUT2D eigenvalue weighted by Crippen LogP contribution is 2.33. The molecule has 2 N–H and O–H groups in total. The molecule has 4 unspecified atom stereocenters. The lowest BCUT2D eigenvalue weighted by atomic mass is 9.78. The Hall–Kier alpha value is -2.66. The largest absolute Gasteiger partial charge is 0.481 e. The third-order valence-corrected chi connectivity index (χ3v) is 12.1. The molecule has 0 amide bonds. The van der Waals surface area contributed by atoms with Crippen LogP contribution >= 0.6 is 0 Å². The summed E-state index contributed by atoms with van der Waals surface area (Å²) in [5.41, 5.74) is 2.47. The number of carboxylic acid groups (broad SMARTS) is 2. The smallest absolute Gasteiger partial charge is 0.306 e. The average molecular weight is 762 g/mol. The van der Waals surface area contributed by atoms with Gasteiger partial charge in [0.05, 0.1) is 11.8 Å². The molecule has 0 aliphatic carbocycles. The van der Waals surface area contributed by atoms with Crippen LogP contribution in [0.25, 0.3) is 0 Å². The van der Waals surface area contributed by atoms with Crippen LogP contribution in [0.3, 0.4) is 0 Å². The highest BCUT2D eigenvalue weighted by Gasteiger charge is 2.33. The van der Waals surface area contributed by atoms with Crippen molar-refractivity contribution in [3.8, 4) is 0 Å². The van der Waals surface area contributed by atoms with Crippen molar-refractivity contribution in [3.63, 3.8) is 0 Å². The van der Waals surface area contributed by atoms with E-state index >= 15 is 0 Å². The van der Waals surface area contributed by atoms with Crippen molar-refractivity contribution < 1.29 is 19.8 Å². The Morgan fingerprint density at radius 2 is 0.873 bits per heavy atom. The first kappa shape index (κ1) is 48.5. The first-order valence-corrected chi connectivity index (χ1v) is 23.2. The standard InChI is InChI=1S/C50H83NO4/c1-4-7-9-11-13-15-17-18-20-22-24-32-38-48(50(54)55)45(6-3)39-46(49(52)53)40-47(37-31-23-21-19-16-14-12-10-8-5-2)51(41-43-33-27-25-28-34-43)42-44-35-29-26-30-36-44/h25-30,33-36,45-48H,4-24,31-32,37-42H2,1-3H3,(H,52,53)(H,54,55). The fraction of sp³-hybridized carbons (Fsp3) is 0.720. The van der Waals surface area contributed by atoms with Crippen LogP contribution in [-0.2, 0) is 22.7 Å². The normalized spacial score (nSPS) is 13.8. The number of benzene rings is 2. The number of carboxylic acids is 2. The second kappa shape index (κ2) is 32.4. The molecule has 2 aromatic carbocycles. The monoisotopic (exact) mass is 762 g/mol. The van der Waals surface area contributed by atoms with Crippen molar-refractivity contribution in [2.75, 3.05) is 0 Å². The molecule has 0 aliphatic heterocycles. The SMILES string of the molecule is CCCCCCCCCCCCCCC(C(=O)O)C(CC)CC(CC(CCCCCCCCCCCC)N(Cc1ccccc1)Cc1ccccc1)C(=O)O. The lowest BCUT2D eigenvalue weighted by Gasteiger charge is -2.35. The highest BCUT2D eigenvalue weighted by molar-refractivity contribution is 5.72. The fourth-order valence-electron chi connectivity index (χ4n) is 8.64. The van der Waals surface area contributed by atoms with Crippen LogP contribution in [0.2, 0.25) is 0 Å². The molecule has 0 fully saturated rings. The number of hydrogen-bond donors (Lipinski definition) is 2. The maximum Gasteiger partial charge on any atom is 0.306 e. The zero-order chi connectivity index (χ0) is 39.8. The van der Waals surface area contributed by atoms with Crippen LogP contribution in [0.4, 0.5) is 0 Å². The molecule has 0 aromatic heterocycles. The molecule has 2 aromatic rings. The Morgan fingerprint density at radius 1 is 0.491 bits per heavy atom. The fourth-order valence-corrected chi connectivity index (χ4v) is 8.64. The second-order valence-electron chi connectivity index (χ2n) is 16.8. The van der Waals surface area contributed by atoms with Crippen molar-refractivity contribution in [2.24, 2.45) is 17.8 Å². The Morgan fingerprint density at radius 3 is 1.24 bits per heavy atom. The minimum absolute atomic E-state index is 0.0904. The van der Waals surface area contributed by atoms with E-state index in [1.807, 2.05) is 12.1 Å². The molecule has 5 nitrogen and oxygen atoms in total. The first-order chi connectivity index (χ1) is 26.9. The van der Waals surface area contributed by atoms with Crippen molar-refractivity contribution in [1.29, 1.82) is 0 Å². The van der Waals surface area contributed by atoms with Gasteiger partial charge in [-0.15, -0.1) is 0 Å². The molecule has 0 radical (unpaired) electrons. The Kier molecular flexibility index (Phi) is 28.6. The van der Waals surface area contributed by atoms with Gasteiger partial charge in [-0.05, 0) is 42.7 Å². The summed E-state index contributed by atoms with van der Waals surface area (Å²) in [6.07, 6.45) is 31.1. The van der Waals surface area contributed by atoms with Gasteiger partial charge in [0.1, 0.15) is 0 Å². The van der Waals surface area contributed by atoms with Crippen LogP contribution in [0, 0.1) is 17.8 Å². The van der Waals surface area contributed by atoms with Gasteiger partial charge >= 0.3 is 11.9 Å². The van der Waals surface area contributed by atoms with Crippen molar-refractivity contribution >= 4 is 11.9 Å². The summed E-state index contributed by atoms with van der Waals surface area (Å²) in [6, 6.07) is 21.2. The molecule has 2 rings (SSSR count). The summed E-state index contributed by atoms with van der Waals surface area (Å²) in [5.74, 6) is -2.73. The molecule has 0 spiro atoms. The van der Waals surface area contributed by atoms with E-state index in [1.165, 1.54) is 127 Å². The average Bonchev–Trinajstić information content (AvgIpc) is 3.19. The van der Waals surface area contributed by atoms with E-state index in [2.05, 4.69) is 74.2 Å². The maximum absolute atomic E-state index is 13.1. The summed E-state index contributed by atoms with van der Waals surface area (Å²) in [5, 5.41) is 21.1. The third-order valence-electron chi connectivity index (χ3n) is 12.1. The van der Waals surface area contributed by atoms with Crippen LogP contribution < -0.4 is 0 Å². The maximum atomic E-state index is 13.1. The summed E-state index contributed by atoms with van der Waals surface area (Å²) in [7, 11) is 0. The molecule has 55 heavy (non-hydrogen) atoms. The minimum Gasteiger partial charge on any atom is -0.481 e. The van der Waals surface area contributed by atoms with E-state index in [1.54, 1.807) is 0 Å².